The number of hydrogen-bond donors (Lipinski definition) is 3. The average molecular weight is 485 g/mol. The van der Waals surface area contributed by atoms with Crippen molar-refractivity contribution in [3.8, 4) is 17.6 Å². The zero-order chi connectivity index (χ0) is 25.7. The topological polar surface area (TPSA) is 140 Å². The van der Waals surface area contributed by atoms with Crippen LogP contribution in [0.2, 0.25) is 0 Å². The number of fused-ring (bicyclic) bond motifs is 1. The van der Waals surface area contributed by atoms with Crippen LogP contribution in [0, 0.1) is 11.8 Å². The number of nitrogen functional groups attached to an aromatic ring is 1. The summed E-state index contributed by atoms with van der Waals surface area (Å²) in [6.07, 6.45) is 4.15. The number of benzene rings is 1. The first kappa shape index (κ1) is 24.2. The maximum atomic E-state index is 13.5. The van der Waals surface area contributed by atoms with E-state index in [1.807, 2.05) is 19.0 Å². The monoisotopic (exact) mass is 484 g/mol. The molecule has 0 atom stereocenters. The number of nitrogens with one attached hydrogen (secondary N) is 2. The fourth-order valence-electron chi connectivity index (χ4n) is 3.44. The molecule has 0 radical (unpaired) electrons. The highest BCUT2D eigenvalue weighted by molar-refractivity contribution is 6.15. The van der Waals surface area contributed by atoms with Crippen molar-refractivity contribution in [2.45, 2.75) is 0 Å². The van der Waals surface area contributed by atoms with Crippen LogP contribution >= 0.6 is 0 Å². The van der Waals surface area contributed by atoms with Gasteiger partial charge in [0.15, 0.2) is 11.6 Å². The van der Waals surface area contributed by atoms with Gasteiger partial charge in [-0.05, 0) is 44.3 Å². The van der Waals surface area contributed by atoms with E-state index in [9.17, 15) is 9.59 Å². The molecular formula is C25H24N8O3. The molecule has 11 heteroatoms. The molecule has 36 heavy (non-hydrogen) atoms. The minimum Gasteiger partial charge on any atom is -0.495 e. The van der Waals surface area contributed by atoms with Gasteiger partial charge in [-0.2, -0.15) is 5.10 Å². The molecule has 3 aromatic heterocycles. The van der Waals surface area contributed by atoms with Crippen LogP contribution < -0.4 is 21.1 Å². The van der Waals surface area contributed by atoms with Gasteiger partial charge in [0, 0.05) is 11.8 Å². The number of nitrogens with two attached hydrogens (primary N) is 1. The normalized spacial score (nSPS) is 10.6. The Morgan fingerprint density at radius 3 is 2.75 bits per heavy atom. The van der Waals surface area contributed by atoms with E-state index in [-0.39, 0.29) is 22.7 Å². The maximum absolute atomic E-state index is 13.5. The van der Waals surface area contributed by atoms with E-state index < -0.39 is 6.03 Å². The second kappa shape index (κ2) is 10.5. The summed E-state index contributed by atoms with van der Waals surface area (Å²) in [4.78, 5) is 36.0. The van der Waals surface area contributed by atoms with Crippen molar-refractivity contribution < 1.29 is 14.3 Å². The van der Waals surface area contributed by atoms with Crippen LogP contribution in [0.25, 0.3) is 5.52 Å². The van der Waals surface area contributed by atoms with Crippen molar-refractivity contribution in [1.29, 1.82) is 0 Å². The Hall–Kier alpha value is -4.95. The number of ketones is 1. The summed E-state index contributed by atoms with van der Waals surface area (Å²) >= 11 is 0. The lowest BCUT2D eigenvalue weighted by Gasteiger charge is -2.11. The van der Waals surface area contributed by atoms with Crippen LogP contribution in [-0.4, -0.2) is 64.0 Å². The fourth-order valence-corrected chi connectivity index (χ4v) is 3.44. The molecule has 4 rings (SSSR count). The SMILES string of the molecule is COc1ccccc1NC(=O)Nc1cncc(C(=O)c2cc(C#CCN(C)C)n3ncnc(N)c23)c1. The van der Waals surface area contributed by atoms with Crippen molar-refractivity contribution in [3.63, 3.8) is 0 Å². The lowest BCUT2D eigenvalue weighted by molar-refractivity contribution is 0.104. The van der Waals surface area contributed by atoms with Gasteiger partial charge in [-0.15, -0.1) is 0 Å². The van der Waals surface area contributed by atoms with E-state index in [4.69, 9.17) is 10.5 Å². The number of rotatable bonds is 6. The first-order chi connectivity index (χ1) is 17.4. The number of urea groups is 1. The molecule has 0 aliphatic carbocycles. The molecule has 0 saturated heterocycles. The average Bonchev–Trinajstić information content (AvgIpc) is 3.23. The third-order valence-electron chi connectivity index (χ3n) is 5.05. The molecule has 2 amide bonds. The van der Waals surface area contributed by atoms with Crippen molar-refractivity contribution >= 4 is 34.5 Å². The Balaban J connectivity index is 1.61. The number of anilines is 3. The molecule has 3 heterocycles. The summed E-state index contributed by atoms with van der Waals surface area (Å²) in [6.45, 7) is 0.533. The third-order valence-corrected chi connectivity index (χ3v) is 5.05. The standard InChI is InChI=1S/C25H24N8O3/c1-32(2)10-6-7-18-12-19(22-24(26)28-15-29-33(18)22)23(34)16-11-17(14-27-13-16)30-25(35)31-20-8-4-5-9-21(20)36-3/h4-5,8-9,11-15H,10H2,1-3H3,(H2,26,28,29)(H2,30,31,35). The highest BCUT2D eigenvalue weighted by atomic mass is 16.5. The number of ether oxygens (including phenoxy) is 1. The Morgan fingerprint density at radius 2 is 1.97 bits per heavy atom. The Morgan fingerprint density at radius 1 is 1.17 bits per heavy atom. The number of amides is 2. The summed E-state index contributed by atoms with van der Waals surface area (Å²) in [5.74, 6) is 6.35. The molecule has 0 fully saturated rings. The molecule has 0 aliphatic heterocycles. The lowest BCUT2D eigenvalue weighted by atomic mass is 10.1. The second-order valence-corrected chi connectivity index (χ2v) is 7.96. The first-order valence-corrected chi connectivity index (χ1v) is 10.8. The lowest BCUT2D eigenvalue weighted by Crippen LogP contribution is -2.20. The number of nitrogens with zero attached hydrogens (tertiary/aromatic N) is 5. The molecule has 0 saturated carbocycles. The summed E-state index contributed by atoms with van der Waals surface area (Å²) < 4.78 is 6.74. The maximum Gasteiger partial charge on any atom is 0.323 e. The number of methoxy groups -OCH3 is 1. The van der Waals surface area contributed by atoms with Crippen molar-refractivity contribution in [2.75, 3.05) is 44.1 Å². The van der Waals surface area contributed by atoms with E-state index >= 15 is 0 Å². The summed E-state index contributed by atoms with van der Waals surface area (Å²) in [5, 5.41) is 9.60. The zero-order valence-electron chi connectivity index (χ0n) is 19.9. The Labute approximate surface area is 207 Å². The van der Waals surface area contributed by atoms with Gasteiger partial charge in [-0.25, -0.2) is 14.3 Å². The molecule has 182 valence electrons. The summed E-state index contributed by atoms with van der Waals surface area (Å²) in [7, 11) is 5.33. The van der Waals surface area contributed by atoms with Crippen LogP contribution in [-0.2, 0) is 0 Å². The van der Waals surface area contributed by atoms with E-state index in [2.05, 4.69) is 37.5 Å². The molecule has 0 bridgehead atoms. The number of para-hydroxylation sites is 2. The number of pyridine rings is 1. The highest BCUT2D eigenvalue weighted by Gasteiger charge is 2.21. The number of carbonyl (C=O) groups is 2. The van der Waals surface area contributed by atoms with Crippen LogP contribution in [0.1, 0.15) is 21.6 Å². The van der Waals surface area contributed by atoms with Crippen molar-refractivity contribution in [2.24, 2.45) is 0 Å². The number of aromatic nitrogens is 4. The summed E-state index contributed by atoms with van der Waals surface area (Å²) in [5.41, 5.74) is 8.28. The molecule has 4 aromatic rings. The van der Waals surface area contributed by atoms with Gasteiger partial charge in [0.2, 0.25) is 0 Å². The van der Waals surface area contributed by atoms with E-state index in [1.165, 1.54) is 36.4 Å². The van der Waals surface area contributed by atoms with Gasteiger partial charge in [0.05, 0.1) is 36.8 Å². The van der Waals surface area contributed by atoms with Gasteiger partial charge in [-0.3, -0.25) is 14.7 Å². The first-order valence-electron chi connectivity index (χ1n) is 10.8. The second-order valence-electron chi connectivity index (χ2n) is 7.96. The van der Waals surface area contributed by atoms with Crippen LogP contribution in [0.3, 0.4) is 0 Å². The minimum absolute atomic E-state index is 0.146. The number of carbonyl (C=O) groups excluding carboxylic acids is 2. The van der Waals surface area contributed by atoms with Crippen LogP contribution in [0.4, 0.5) is 22.0 Å². The van der Waals surface area contributed by atoms with Gasteiger partial charge in [0.1, 0.15) is 23.3 Å². The van der Waals surface area contributed by atoms with Gasteiger partial charge in [0.25, 0.3) is 0 Å². The van der Waals surface area contributed by atoms with Crippen LogP contribution in [0.5, 0.6) is 5.75 Å². The quantitative estimate of drug-likeness (QED) is 0.280. The smallest absolute Gasteiger partial charge is 0.323 e. The number of hydrogen-bond acceptors (Lipinski definition) is 8. The zero-order valence-corrected chi connectivity index (χ0v) is 19.9. The third kappa shape index (κ3) is 5.24. The predicted octanol–water partition coefficient (Wildman–Crippen LogP) is 2.50. The van der Waals surface area contributed by atoms with Gasteiger partial charge in [-0.1, -0.05) is 18.1 Å². The molecule has 0 unspecified atom stereocenters. The van der Waals surface area contributed by atoms with Crippen molar-refractivity contribution in [3.05, 3.63) is 71.9 Å². The van der Waals surface area contributed by atoms with Crippen LogP contribution in [0.15, 0.2) is 55.1 Å². The summed E-state index contributed by atoms with van der Waals surface area (Å²) in [6, 6.07) is 9.64. The van der Waals surface area contributed by atoms with E-state index in [1.54, 1.807) is 30.3 Å². The van der Waals surface area contributed by atoms with Crippen molar-refractivity contribution in [1.82, 2.24) is 24.5 Å². The molecular weight excluding hydrogens is 460 g/mol. The molecule has 0 spiro atoms. The van der Waals surface area contributed by atoms with E-state index in [0.717, 1.165) is 0 Å². The minimum atomic E-state index is -0.517. The molecule has 1 aromatic carbocycles. The fraction of sp³-hybridized carbons (Fsp3) is 0.160. The molecule has 11 nitrogen and oxygen atoms in total. The Bertz CT molecular complexity index is 1500. The van der Waals surface area contributed by atoms with Gasteiger partial charge < -0.3 is 21.1 Å². The predicted molar refractivity (Wildman–Crippen MR) is 136 cm³/mol. The van der Waals surface area contributed by atoms with Gasteiger partial charge >= 0.3 is 6.03 Å². The molecule has 4 N–H and O–H groups in total. The van der Waals surface area contributed by atoms with E-state index in [0.29, 0.717) is 34.9 Å². The molecule has 0 aliphatic rings. The highest BCUT2D eigenvalue weighted by Crippen LogP contribution is 2.25. The Kier molecular flexibility index (Phi) is 7.08. The largest absolute Gasteiger partial charge is 0.495 e.